The largest absolute Gasteiger partial charge is 0.399 e. The Morgan fingerprint density at radius 1 is 0.553 bits per heavy atom. The van der Waals surface area contributed by atoms with Crippen molar-refractivity contribution in [3.63, 3.8) is 0 Å². The second-order valence-corrected chi connectivity index (χ2v) is 10.2. The summed E-state index contributed by atoms with van der Waals surface area (Å²) in [5.74, 6) is 0. The van der Waals surface area contributed by atoms with Crippen LogP contribution in [0.5, 0.6) is 0 Å². The Morgan fingerprint density at radius 2 is 0.947 bits per heavy atom. The van der Waals surface area contributed by atoms with Gasteiger partial charge in [-0.05, 0) is 59.4 Å². The molecule has 4 aromatic rings. The van der Waals surface area contributed by atoms with Gasteiger partial charge in [0.05, 0.1) is 18.9 Å². The molecule has 4 N–H and O–H groups in total. The van der Waals surface area contributed by atoms with Gasteiger partial charge in [-0.1, -0.05) is 84.9 Å². The summed E-state index contributed by atoms with van der Waals surface area (Å²) in [5.41, 5.74) is 18.5. The molecule has 1 heterocycles. The van der Waals surface area contributed by atoms with Crippen LogP contribution in [0.15, 0.2) is 109 Å². The van der Waals surface area contributed by atoms with E-state index >= 15 is 0 Å². The summed E-state index contributed by atoms with van der Waals surface area (Å²) in [5, 5.41) is 0. The van der Waals surface area contributed by atoms with Crippen molar-refractivity contribution < 1.29 is 4.74 Å². The number of nitrogen functional groups attached to an aromatic ring is 2. The fourth-order valence-corrected chi connectivity index (χ4v) is 5.12. The van der Waals surface area contributed by atoms with Crippen molar-refractivity contribution in [2.45, 2.75) is 25.0 Å². The van der Waals surface area contributed by atoms with Gasteiger partial charge in [0.25, 0.3) is 0 Å². The summed E-state index contributed by atoms with van der Waals surface area (Å²) in [6.45, 7) is 4.46. The Balaban J connectivity index is 1.38. The number of benzene rings is 4. The molecule has 1 aliphatic rings. The van der Waals surface area contributed by atoms with Crippen LogP contribution in [0, 0.1) is 0 Å². The zero-order valence-corrected chi connectivity index (χ0v) is 22.0. The predicted octanol–water partition coefficient (Wildman–Crippen LogP) is 5.71. The van der Waals surface area contributed by atoms with Crippen LogP contribution in [0.25, 0.3) is 0 Å². The van der Waals surface area contributed by atoms with Crippen molar-refractivity contribution in [1.82, 2.24) is 9.80 Å². The van der Waals surface area contributed by atoms with Crippen molar-refractivity contribution in [1.29, 1.82) is 0 Å². The first-order valence-corrected chi connectivity index (χ1v) is 13.5. The second-order valence-electron chi connectivity index (χ2n) is 10.2. The maximum atomic E-state index is 6.94. The van der Waals surface area contributed by atoms with Crippen LogP contribution in [0.1, 0.15) is 34.5 Å². The van der Waals surface area contributed by atoms with Gasteiger partial charge in [0, 0.05) is 37.6 Å². The van der Waals surface area contributed by atoms with Gasteiger partial charge in [0.15, 0.2) is 0 Å². The number of hydrogen-bond donors (Lipinski definition) is 2. The lowest BCUT2D eigenvalue weighted by atomic mass is 10.0. The molecule has 0 unspecified atom stereocenters. The number of anilines is 2. The summed E-state index contributed by atoms with van der Waals surface area (Å²) in [6.07, 6.45) is 1.92. The quantitative estimate of drug-likeness (QED) is 0.300. The molecular formula is C33H38N4O. The van der Waals surface area contributed by atoms with Crippen LogP contribution in [-0.4, -0.2) is 42.6 Å². The van der Waals surface area contributed by atoms with Crippen molar-refractivity contribution in [2.75, 3.05) is 44.3 Å². The third-order valence-electron chi connectivity index (χ3n) is 7.31. The summed E-state index contributed by atoms with van der Waals surface area (Å²) in [6, 6.07) is 37.8. The molecule has 0 saturated carbocycles. The molecule has 0 aromatic heterocycles. The maximum absolute atomic E-state index is 6.94. The lowest BCUT2D eigenvalue weighted by molar-refractivity contribution is -0.0802. The molecule has 1 fully saturated rings. The topological polar surface area (TPSA) is 67.8 Å². The fourth-order valence-electron chi connectivity index (χ4n) is 5.12. The van der Waals surface area contributed by atoms with Gasteiger partial charge >= 0.3 is 0 Å². The minimum Gasteiger partial charge on any atom is -0.399 e. The van der Waals surface area contributed by atoms with Crippen LogP contribution in [0.3, 0.4) is 0 Å². The zero-order chi connectivity index (χ0) is 26.2. The van der Waals surface area contributed by atoms with E-state index < -0.39 is 0 Å². The van der Waals surface area contributed by atoms with E-state index in [9.17, 15) is 0 Å². The first-order valence-electron chi connectivity index (χ1n) is 13.5. The third-order valence-corrected chi connectivity index (χ3v) is 7.31. The number of nitrogens with two attached hydrogens (primary N) is 2. The number of nitrogens with zero attached hydrogens (tertiary/aromatic N) is 2. The highest BCUT2D eigenvalue weighted by atomic mass is 16.5. The van der Waals surface area contributed by atoms with Gasteiger partial charge in [-0.3, -0.25) is 9.80 Å². The summed E-state index contributed by atoms with van der Waals surface area (Å²) in [4.78, 5) is 5.08. The molecule has 0 radical (unpaired) electrons. The molecule has 1 aliphatic heterocycles. The Bertz CT molecular complexity index is 1150. The van der Waals surface area contributed by atoms with Crippen molar-refractivity contribution in [3.8, 4) is 0 Å². The van der Waals surface area contributed by atoms with E-state index in [4.69, 9.17) is 16.2 Å². The van der Waals surface area contributed by atoms with Crippen LogP contribution in [-0.2, 0) is 17.6 Å². The van der Waals surface area contributed by atoms with E-state index in [-0.39, 0.29) is 12.2 Å². The summed E-state index contributed by atoms with van der Waals surface area (Å²) < 4.78 is 6.94. The molecular weight excluding hydrogens is 468 g/mol. The van der Waals surface area contributed by atoms with Crippen LogP contribution < -0.4 is 11.5 Å². The second kappa shape index (κ2) is 12.7. The SMILES string of the molecule is Nc1ccc(CCN2C[C@@H](c3ccccc3)O[C@H](c3ccccc3)CN(CCc3ccc(N)cc3)C2)cc1. The van der Waals surface area contributed by atoms with Gasteiger partial charge in [-0.25, -0.2) is 0 Å². The number of hydrogen-bond acceptors (Lipinski definition) is 5. The van der Waals surface area contributed by atoms with E-state index in [0.717, 1.165) is 57.1 Å². The first-order chi connectivity index (χ1) is 18.6. The van der Waals surface area contributed by atoms with Crippen LogP contribution >= 0.6 is 0 Å². The van der Waals surface area contributed by atoms with Crippen LogP contribution in [0.4, 0.5) is 11.4 Å². The minimum absolute atomic E-state index is 0.00734. The lowest BCUT2D eigenvalue weighted by Crippen LogP contribution is -2.46. The first kappa shape index (κ1) is 26.0. The van der Waals surface area contributed by atoms with E-state index in [2.05, 4.69) is 94.7 Å². The number of ether oxygens (including phenoxy) is 1. The number of rotatable bonds is 8. The molecule has 0 aliphatic carbocycles. The molecule has 5 nitrogen and oxygen atoms in total. The molecule has 5 heteroatoms. The van der Waals surface area contributed by atoms with Gasteiger partial charge in [-0.2, -0.15) is 0 Å². The zero-order valence-electron chi connectivity index (χ0n) is 22.0. The molecule has 0 amide bonds. The predicted molar refractivity (Wildman–Crippen MR) is 157 cm³/mol. The fraction of sp³-hybridized carbons (Fsp3) is 0.273. The molecule has 196 valence electrons. The Hall–Kier alpha value is -3.64. The molecule has 1 saturated heterocycles. The van der Waals surface area contributed by atoms with E-state index in [1.807, 2.05) is 24.3 Å². The van der Waals surface area contributed by atoms with Crippen molar-refractivity contribution in [2.24, 2.45) is 0 Å². The van der Waals surface area contributed by atoms with E-state index in [0.29, 0.717) is 0 Å². The Labute approximate surface area is 226 Å². The normalized spacial score (nSPS) is 19.1. The highest BCUT2D eigenvalue weighted by molar-refractivity contribution is 5.40. The lowest BCUT2D eigenvalue weighted by Gasteiger charge is -2.39. The standard InChI is InChI=1S/C33H38N4O/c34-30-15-11-26(12-16-30)19-21-36-23-32(28-7-3-1-4-8-28)38-33(29-9-5-2-6-10-29)24-37(25-36)22-20-27-13-17-31(35)18-14-27/h1-18,32-33H,19-25,34-35H2/t32-,33-/m0/s1. The average Bonchev–Trinajstić information content (AvgIpc) is 2.94. The van der Waals surface area contributed by atoms with Crippen molar-refractivity contribution in [3.05, 3.63) is 131 Å². The molecule has 0 spiro atoms. The Kier molecular flexibility index (Phi) is 8.71. The molecule has 5 rings (SSSR count). The van der Waals surface area contributed by atoms with E-state index in [1.165, 1.54) is 22.3 Å². The van der Waals surface area contributed by atoms with Gasteiger partial charge in [0.2, 0.25) is 0 Å². The summed E-state index contributed by atoms with van der Waals surface area (Å²) in [7, 11) is 0. The third kappa shape index (κ3) is 7.23. The molecule has 4 aromatic carbocycles. The highest BCUT2D eigenvalue weighted by Crippen LogP contribution is 2.31. The minimum atomic E-state index is -0.00734. The smallest absolute Gasteiger partial charge is 0.0961 e. The van der Waals surface area contributed by atoms with Gasteiger partial charge < -0.3 is 16.2 Å². The van der Waals surface area contributed by atoms with Crippen molar-refractivity contribution >= 4 is 11.4 Å². The monoisotopic (exact) mass is 506 g/mol. The molecule has 38 heavy (non-hydrogen) atoms. The van der Waals surface area contributed by atoms with Gasteiger partial charge in [-0.15, -0.1) is 0 Å². The van der Waals surface area contributed by atoms with Crippen LogP contribution in [0.2, 0.25) is 0 Å². The molecule has 0 bridgehead atoms. The highest BCUT2D eigenvalue weighted by Gasteiger charge is 2.28. The van der Waals surface area contributed by atoms with Gasteiger partial charge in [0.1, 0.15) is 0 Å². The summed E-state index contributed by atoms with van der Waals surface area (Å²) >= 11 is 0. The maximum Gasteiger partial charge on any atom is 0.0961 e. The molecule has 2 atom stereocenters. The average molecular weight is 507 g/mol. The Morgan fingerprint density at radius 3 is 1.34 bits per heavy atom. The van der Waals surface area contributed by atoms with E-state index in [1.54, 1.807) is 0 Å².